The van der Waals surface area contributed by atoms with Gasteiger partial charge in [0.1, 0.15) is 5.76 Å². The number of aryl methyl sites for hydroxylation is 1. The molecular formula is C23H16N2O5. The summed E-state index contributed by atoms with van der Waals surface area (Å²) >= 11 is 0. The summed E-state index contributed by atoms with van der Waals surface area (Å²) in [6.07, 6.45) is 4.23. The zero-order valence-electron chi connectivity index (χ0n) is 15.9. The highest BCUT2D eigenvalue weighted by molar-refractivity contribution is 6.15. The van der Waals surface area contributed by atoms with E-state index in [-0.39, 0.29) is 11.3 Å². The summed E-state index contributed by atoms with van der Waals surface area (Å²) in [4.78, 5) is 37.1. The third-order valence-corrected chi connectivity index (χ3v) is 4.84. The Morgan fingerprint density at radius 1 is 1.10 bits per heavy atom. The molecule has 30 heavy (non-hydrogen) atoms. The molecule has 2 aromatic carbocycles. The van der Waals surface area contributed by atoms with Gasteiger partial charge in [0.2, 0.25) is 0 Å². The molecule has 0 spiro atoms. The Morgan fingerprint density at radius 2 is 1.87 bits per heavy atom. The van der Waals surface area contributed by atoms with Crippen LogP contribution < -0.4 is 5.56 Å². The van der Waals surface area contributed by atoms with Gasteiger partial charge < -0.3 is 8.98 Å². The van der Waals surface area contributed by atoms with Gasteiger partial charge in [-0.25, -0.2) is 0 Å². The van der Waals surface area contributed by atoms with Gasteiger partial charge in [0.15, 0.2) is 5.78 Å². The van der Waals surface area contributed by atoms with E-state index < -0.39 is 16.3 Å². The Morgan fingerprint density at radius 3 is 2.53 bits per heavy atom. The van der Waals surface area contributed by atoms with Crippen molar-refractivity contribution in [3.63, 3.8) is 0 Å². The fourth-order valence-electron chi connectivity index (χ4n) is 3.41. The molecule has 4 aromatic rings. The first-order valence-electron chi connectivity index (χ1n) is 9.10. The van der Waals surface area contributed by atoms with E-state index in [0.29, 0.717) is 27.8 Å². The lowest BCUT2D eigenvalue weighted by molar-refractivity contribution is -0.384. The van der Waals surface area contributed by atoms with Gasteiger partial charge in [-0.15, -0.1) is 0 Å². The second-order valence-corrected chi connectivity index (χ2v) is 6.65. The SMILES string of the molecule is Cn1c(=O)c(C(=O)/C=C/c2ccco2)c(-c2ccccc2)c2cc([N+](=O)[O-])ccc21. The van der Waals surface area contributed by atoms with Crippen LogP contribution >= 0.6 is 0 Å². The minimum Gasteiger partial charge on any atom is -0.465 e. The number of nitrogens with zero attached hydrogens (tertiary/aromatic N) is 2. The molecule has 4 rings (SSSR count). The number of furan rings is 1. The van der Waals surface area contributed by atoms with Gasteiger partial charge in [-0.2, -0.15) is 0 Å². The molecule has 148 valence electrons. The number of pyridine rings is 1. The normalized spacial score (nSPS) is 11.2. The van der Waals surface area contributed by atoms with Crippen LogP contribution in [0, 0.1) is 10.1 Å². The van der Waals surface area contributed by atoms with Crippen LogP contribution in [0.4, 0.5) is 5.69 Å². The van der Waals surface area contributed by atoms with Crippen LogP contribution in [0.3, 0.4) is 0 Å². The van der Waals surface area contributed by atoms with Crippen LogP contribution in [0.5, 0.6) is 0 Å². The van der Waals surface area contributed by atoms with Crippen molar-refractivity contribution in [3.05, 3.63) is 105 Å². The first kappa shape index (κ1) is 19.1. The second kappa shape index (κ2) is 7.63. The van der Waals surface area contributed by atoms with Crippen LogP contribution in [0.1, 0.15) is 16.1 Å². The number of nitro benzene ring substituents is 1. The van der Waals surface area contributed by atoms with Crippen molar-refractivity contribution >= 4 is 28.4 Å². The smallest absolute Gasteiger partial charge is 0.270 e. The van der Waals surface area contributed by atoms with Crippen molar-refractivity contribution in [2.24, 2.45) is 7.05 Å². The Bertz CT molecular complexity index is 1350. The van der Waals surface area contributed by atoms with E-state index in [4.69, 9.17) is 4.42 Å². The summed E-state index contributed by atoms with van der Waals surface area (Å²) in [7, 11) is 1.54. The average Bonchev–Trinajstić information content (AvgIpc) is 3.28. The number of fused-ring (bicyclic) bond motifs is 1. The minimum absolute atomic E-state index is 0.0560. The van der Waals surface area contributed by atoms with Crippen molar-refractivity contribution in [2.45, 2.75) is 0 Å². The van der Waals surface area contributed by atoms with E-state index in [1.165, 1.54) is 48.2 Å². The number of ketones is 1. The number of hydrogen-bond donors (Lipinski definition) is 0. The first-order valence-corrected chi connectivity index (χ1v) is 9.10. The number of aromatic nitrogens is 1. The first-order chi connectivity index (χ1) is 14.5. The van der Waals surface area contributed by atoms with Gasteiger partial charge in [-0.05, 0) is 35.9 Å². The van der Waals surface area contributed by atoms with E-state index in [9.17, 15) is 19.7 Å². The van der Waals surface area contributed by atoms with Crippen molar-refractivity contribution in [3.8, 4) is 11.1 Å². The van der Waals surface area contributed by atoms with E-state index in [1.807, 2.05) is 6.07 Å². The number of hydrogen-bond acceptors (Lipinski definition) is 5. The van der Waals surface area contributed by atoms with E-state index in [0.717, 1.165) is 0 Å². The Balaban J connectivity index is 2.05. The quantitative estimate of drug-likeness (QED) is 0.211. The molecule has 2 heterocycles. The zero-order valence-corrected chi connectivity index (χ0v) is 15.9. The molecule has 0 aliphatic heterocycles. The summed E-state index contributed by atoms with van der Waals surface area (Å²) in [5.41, 5.74) is 0.824. The van der Waals surface area contributed by atoms with Gasteiger partial charge in [-0.3, -0.25) is 19.7 Å². The molecule has 0 amide bonds. The summed E-state index contributed by atoms with van der Waals surface area (Å²) in [6.45, 7) is 0. The number of nitro groups is 1. The molecule has 0 saturated carbocycles. The maximum absolute atomic E-state index is 13.1. The van der Waals surface area contributed by atoms with E-state index in [1.54, 1.807) is 36.4 Å². The van der Waals surface area contributed by atoms with Gasteiger partial charge in [0.25, 0.3) is 11.2 Å². The second-order valence-electron chi connectivity index (χ2n) is 6.65. The molecule has 0 N–H and O–H groups in total. The molecule has 0 aliphatic rings. The Hall–Kier alpha value is -4.26. The predicted octanol–water partition coefficient (Wildman–Crippen LogP) is 4.60. The lowest BCUT2D eigenvalue weighted by atomic mass is 9.93. The predicted molar refractivity (Wildman–Crippen MR) is 113 cm³/mol. The lowest BCUT2D eigenvalue weighted by Gasteiger charge is -2.14. The van der Waals surface area contributed by atoms with Crippen molar-refractivity contribution in [1.82, 2.24) is 4.57 Å². The van der Waals surface area contributed by atoms with Crippen molar-refractivity contribution < 1.29 is 14.1 Å². The molecule has 7 heteroatoms. The number of non-ortho nitro benzene ring substituents is 1. The topological polar surface area (TPSA) is 95.3 Å². The van der Waals surface area contributed by atoms with Gasteiger partial charge in [-0.1, -0.05) is 30.3 Å². The van der Waals surface area contributed by atoms with Crippen LogP contribution in [0.15, 0.2) is 82.2 Å². The third-order valence-electron chi connectivity index (χ3n) is 4.84. The van der Waals surface area contributed by atoms with Crippen molar-refractivity contribution in [1.29, 1.82) is 0 Å². The molecule has 0 fully saturated rings. The molecule has 7 nitrogen and oxygen atoms in total. The number of carbonyl (C=O) groups is 1. The highest BCUT2D eigenvalue weighted by Gasteiger charge is 2.22. The fourth-order valence-corrected chi connectivity index (χ4v) is 3.41. The number of carbonyl (C=O) groups excluding carboxylic acids is 1. The van der Waals surface area contributed by atoms with E-state index in [2.05, 4.69) is 0 Å². The molecule has 0 bridgehead atoms. The van der Waals surface area contributed by atoms with Gasteiger partial charge in [0.05, 0.1) is 22.3 Å². The maximum Gasteiger partial charge on any atom is 0.270 e. The van der Waals surface area contributed by atoms with Crippen molar-refractivity contribution in [2.75, 3.05) is 0 Å². The molecule has 0 radical (unpaired) electrons. The zero-order chi connectivity index (χ0) is 21.3. The standard InChI is InChI=1S/C23H16N2O5/c1-24-19-11-9-16(25(28)29)14-18(19)21(15-6-3-2-4-7-15)22(23(24)27)20(26)12-10-17-8-5-13-30-17/h2-14H,1H3/b12-10+. The lowest BCUT2D eigenvalue weighted by Crippen LogP contribution is -2.25. The van der Waals surface area contributed by atoms with Crippen LogP contribution in [-0.2, 0) is 7.05 Å². The minimum atomic E-state index is -0.515. The van der Waals surface area contributed by atoms with Crippen LogP contribution in [0.2, 0.25) is 0 Å². The summed E-state index contributed by atoms with van der Waals surface area (Å²) in [6, 6.07) is 16.5. The van der Waals surface area contributed by atoms with Gasteiger partial charge in [0, 0.05) is 30.1 Å². The summed E-state index contributed by atoms with van der Waals surface area (Å²) in [5, 5.41) is 11.8. The van der Waals surface area contributed by atoms with Crippen LogP contribution in [0.25, 0.3) is 28.1 Å². The monoisotopic (exact) mass is 400 g/mol. The Labute approximate surface area is 170 Å². The molecule has 0 saturated heterocycles. The maximum atomic E-state index is 13.1. The van der Waals surface area contributed by atoms with Gasteiger partial charge >= 0.3 is 0 Å². The van der Waals surface area contributed by atoms with Crippen LogP contribution in [-0.4, -0.2) is 15.3 Å². The number of allylic oxidation sites excluding steroid dienone is 1. The number of benzene rings is 2. The largest absolute Gasteiger partial charge is 0.465 e. The molecule has 0 atom stereocenters. The molecule has 0 unspecified atom stereocenters. The molecular weight excluding hydrogens is 384 g/mol. The third kappa shape index (κ3) is 3.33. The number of rotatable bonds is 5. The summed E-state index contributed by atoms with van der Waals surface area (Å²) < 4.78 is 6.54. The molecule has 2 aromatic heterocycles. The average molecular weight is 400 g/mol. The summed E-state index contributed by atoms with van der Waals surface area (Å²) in [5.74, 6) is -0.0443. The molecule has 0 aliphatic carbocycles. The van der Waals surface area contributed by atoms with E-state index >= 15 is 0 Å². The fraction of sp³-hybridized carbons (Fsp3) is 0.0435. The Kier molecular flexibility index (Phi) is 4.85. The highest BCUT2D eigenvalue weighted by Crippen LogP contribution is 2.33. The highest BCUT2D eigenvalue weighted by atomic mass is 16.6.